The summed E-state index contributed by atoms with van der Waals surface area (Å²) in [4.78, 5) is 10.7. The van der Waals surface area contributed by atoms with Crippen LogP contribution in [0, 0.1) is 0 Å². The van der Waals surface area contributed by atoms with Gasteiger partial charge in [0.05, 0.1) is 0 Å². The zero-order chi connectivity index (χ0) is 12.1. The molecule has 0 spiro atoms. The fourth-order valence-electron chi connectivity index (χ4n) is 1.96. The second-order valence-electron chi connectivity index (χ2n) is 4.75. The molecule has 0 N–H and O–H groups in total. The van der Waals surface area contributed by atoms with Crippen LogP contribution in [0.2, 0.25) is 0 Å². The summed E-state index contributed by atoms with van der Waals surface area (Å²) < 4.78 is 0. The highest BCUT2D eigenvalue weighted by atomic mass is 31.0. The third-order valence-corrected chi connectivity index (χ3v) is 3.32. The summed E-state index contributed by atoms with van der Waals surface area (Å²) in [7, 11) is 2.25. The molecule has 0 fully saturated rings. The van der Waals surface area contributed by atoms with E-state index in [1.165, 1.54) is 64.2 Å². The van der Waals surface area contributed by atoms with Crippen molar-refractivity contribution in [1.29, 1.82) is 0 Å². The third kappa shape index (κ3) is 14.1. The molecule has 2 heteroatoms. The van der Waals surface area contributed by atoms with E-state index in [9.17, 15) is 4.79 Å². The number of carbonyl (C=O) groups excluding carboxylic acids is 1. The molecule has 0 aliphatic heterocycles. The lowest BCUT2D eigenvalue weighted by atomic mass is 10.1. The highest BCUT2D eigenvalue weighted by molar-refractivity contribution is 7.40. The number of hydrogen-bond acceptors (Lipinski definition) is 1. The van der Waals surface area contributed by atoms with Crippen molar-refractivity contribution >= 4 is 14.8 Å². The van der Waals surface area contributed by atoms with Gasteiger partial charge in [0, 0.05) is 6.42 Å². The van der Waals surface area contributed by atoms with E-state index in [-0.39, 0.29) is 5.52 Å². The van der Waals surface area contributed by atoms with Gasteiger partial charge in [0.1, 0.15) is 5.52 Å². The van der Waals surface area contributed by atoms with E-state index in [2.05, 4.69) is 16.2 Å². The topological polar surface area (TPSA) is 17.1 Å². The van der Waals surface area contributed by atoms with Crippen LogP contribution in [0.1, 0.15) is 84.0 Å². The SMILES string of the molecule is CCCCCCCCCCCCCC(=O)P. The molecule has 0 aromatic carbocycles. The fraction of sp³-hybridized carbons (Fsp3) is 0.929. The minimum atomic E-state index is 0.260. The normalized spacial score (nSPS) is 10.6. The van der Waals surface area contributed by atoms with Crippen LogP contribution >= 0.6 is 9.24 Å². The van der Waals surface area contributed by atoms with Gasteiger partial charge < -0.3 is 0 Å². The zero-order valence-electron chi connectivity index (χ0n) is 11.0. The first-order chi connectivity index (χ1) is 7.77. The first-order valence-electron chi connectivity index (χ1n) is 7.05. The van der Waals surface area contributed by atoms with E-state index in [0.717, 1.165) is 12.8 Å². The molecule has 0 amide bonds. The predicted molar refractivity (Wildman–Crippen MR) is 75.8 cm³/mol. The summed E-state index contributed by atoms with van der Waals surface area (Å²) in [6.45, 7) is 2.26. The smallest absolute Gasteiger partial charge is 0.148 e. The van der Waals surface area contributed by atoms with Gasteiger partial charge in [0.25, 0.3) is 0 Å². The number of hydrogen-bond donors (Lipinski definition) is 0. The van der Waals surface area contributed by atoms with Gasteiger partial charge in [-0.05, 0) is 6.42 Å². The third-order valence-electron chi connectivity index (χ3n) is 3.03. The van der Waals surface area contributed by atoms with Gasteiger partial charge in [-0.1, -0.05) is 80.4 Å². The van der Waals surface area contributed by atoms with Crippen LogP contribution in [0.3, 0.4) is 0 Å². The van der Waals surface area contributed by atoms with Gasteiger partial charge >= 0.3 is 0 Å². The standard InChI is InChI=1S/C14H29OP/c1-2-3-4-5-6-7-8-9-10-11-12-13-14(15)16/h2-13,16H2,1H3. The molecule has 0 saturated heterocycles. The lowest BCUT2D eigenvalue weighted by Gasteiger charge is -2.01. The van der Waals surface area contributed by atoms with Crippen molar-refractivity contribution in [3.05, 3.63) is 0 Å². The molecule has 0 radical (unpaired) electrons. The van der Waals surface area contributed by atoms with Crippen LogP contribution in [0.5, 0.6) is 0 Å². The van der Waals surface area contributed by atoms with Gasteiger partial charge in [-0.15, -0.1) is 0 Å². The lowest BCUT2D eigenvalue weighted by Crippen LogP contribution is -1.86. The van der Waals surface area contributed by atoms with E-state index in [1.807, 2.05) is 0 Å². The molecule has 96 valence electrons. The van der Waals surface area contributed by atoms with Crippen LogP contribution in [0.25, 0.3) is 0 Å². The second kappa shape index (κ2) is 13.2. The Bertz CT molecular complexity index is 157. The van der Waals surface area contributed by atoms with E-state index in [1.54, 1.807) is 0 Å². The Morgan fingerprint density at radius 2 is 1.12 bits per heavy atom. The molecule has 1 atom stereocenters. The van der Waals surface area contributed by atoms with Crippen molar-refractivity contribution in [3.63, 3.8) is 0 Å². The molecular formula is C14H29OP. The van der Waals surface area contributed by atoms with Gasteiger partial charge in [0.15, 0.2) is 0 Å². The molecule has 0 aliphatic carbocycles. The molecule has 0 saturated carbocycles. The maximum absolute atomic E-state index is 10.7. The minimum Gasteiger partial charge on any atom is -0.295 e. The van der Waals surface area contributed by atoms with Crippen LogP contribution in [0.4, 0.5) is 0 Å². The molecule has 0 heterocycles. The summed E-state index contributed by atoms with van der Waals surface area (Å²) in [6, 6.07) is 0. The molecule has 1 unspecified atom stereocenters. The second-order valence-corrected chi connectivity index (χ2v) is 5.40. The Hall–Kier alpha value is 0.100. The fourth-order valence-corrected chi connectivity index (χ4v) is 2.17. The van der Waals surface area contributed by atoms with Crippen LogP contribution < -0.4 is 0 Å². The summed E-state index contributed by atoms with van der Waals surface area (Å²) >= 11 is 0. The zero-order valence-corrected chi connectivity index (χ0v) is 12.1. The molecular weight excluding hydrogens is 215 g/mol. The Kier molecular flexibility index (Phi) is 13.2. The Labute approximate surface area is 104 Å². The van der Waals surface area contributed by atoms with E-state index in [0.29, 0.717) is 0 Å². The van der Waals surface area contributed by atoms with Crippen LogP contribution in [0.15, 0.2) is 0 Å². The summed E-state index contributed by atoms with van der Waals surface area (Å²) in [5.41, 5.74) is 0.260. The summed E-state index contributed by atoms with van der Waals surface area (Å²) in [5, 5.41) is 0. The largest absolute Gasteiger partial charge is 0.295 e. The van der Waals surface area contributed by atoms with E-state index in [4.69, 9.17) is 0 Å². The van der Waals surface area contributed by atoms with Crippen LogP contribution in [-0.2, 0) is 4.79 Å². The van der Waals surface area contributed by atoms with Crippen molar-refractivity contribution in [2.75, 3.05) is 0 Å². The lowest BCUT2D eigenvalue weighted by molar-refractivity contribution is -0.111. The van der Waals surface area contributed by atoms with Crippen LogP contribution in [-0.4, -0.2) is 5.52 Å². The summed E-state index contributed by atoms with van der Waals surface area (Å²) in [5.74, 6) is 0. The molecule has 1 nitrogen and oxygen atoms in total. The van der Waals surface area contributed by atoms with Crippen molar-refractivity contribution in [2.45, 2.75) is 84.0 Å². The van der Waals surface area contributed by atoms with Gasteiger partial charge in [-0.25, -0.2) is 0 Å². The maximum atomic E-state index is 10.7. The molecule has 16 heavy (non-hydrogen) atoms. The number of unbranched alkanes of at least 4 members (excludes halogenated alkanes) is 10. The molecule has 0 aliphatic rings. The highest BCUT2D eigenvalue weighted by Crippen LogP contribution is 2.12. The van der Waals surface area contributed by atoms with E-state index < -0.39 is 0 Å². The first-order valence-corrected chi connectivity index (χ1v) is 7.63. The van der Waals surface area contributed by atoms with Crippen molar-refractivity contribution < 1.29 is 4.79 Å². The monoisotopic (exact) mass is 244 g/mol. The number of carbonyl (C=O) groups is 1. The number of rotatable bonds is 12. The Balaban J connectivity index is 2.90. The minimum absolute atomic E-state index is 0.260. The Morgan fingerprint density at radius 1 is 0.750 bits per heavy atom. The Morgan fingerprint density at radius 3 is 1.50 bits per heavy atom. The van der Waals surface area contributed by atoms with Gasteiger partial charge in [-0.2, -0.15) is 0 Å². The quantitative estimate of drug-likeness (QED) is 0.345. The van der Waals surface area contributed by atoms with Crippen molar-refractivity contribution in [1.82, 2.24) is 0 Å². The average molecular weight is 244 g/mol. The maximum Gasteiger partial charge on any atom is 0.148 e. The molecule has 0 bridgehead atoms. The predicted octanol–water partition coefficient (Wildman–Crippen LogP) is 5.09. The average Bonchev–Trinajstić information content (AvgIpc) is 2.25. The van der Waals surface area contributed by atoms with Gasteiger partial charge in [0.2, 0.25) is 0 Å². The molecule has 0 aromatic heterocycles. The molecule has 0 aromatic rings. The summed E-state index contributed by atoms with van der Waals surface area (Å²) in [6.07, 6.45) is 15.6. The van der Waals surface area contributed by atoms with Gasteiger partial charge in [-0.3, -0.25) is 4.79 Å². The van der Waals surface area contributed by atoms with E-state index >= 15 is 0 Å². The molecule has 0 rings (SSSR count). The highest BCUT2D eigenvalue weighted by Gasteiger charge is 1.95. The first kappa shape index (κ1) is 16.1. The van der Waals surface area contributed by atoms with Crippen molar-refractivity contribution in [2.24, 2.45) is 0 Å². The van der Waals surface area contributed by atoms with Crippen molar-refractivity contribution in [3.8, 4) is 0 Å².